The number of nitrogens with zero attached hydrogens (tertiary/aromatic N) is 4. The molecule has 1 N–H and O–H groups in total. The first-order valence-corrected chi connectivity index (χ1v) is 4.33. The molecule has 1 heterocycles. The Morgan fingerprint density at radius 2 is 2.25 bits per heavy atom. The number of hydrogen-bond donors (Lipinski definition) is 1. The fourth-order valence-corrected chi connectivity index (χ4v) is 1.23. The van der Waals surface area contributed by atoms with Crippen molar-refractivity contribution in [2.75, 3.05) is 25.6 Å². The molecule has 0 bridgehead atoms. The van der Waals surface area contributed by atoms with E-state index in [0.717, 1.165) is 5.95 Å². The molecule has 0 radical (unpaired) electrons. The summed E-state index contributed by atoms with van der Waals surface area (Å²) in [4.78, 5) is 5.95. The predicted molar refractivity (Wildman–Crippen MR) is 49.1 cm³/mol. The lowest BCUT2D eigenvalue weighted by Crippen LogP contribution is -2.17. The quantitative estimate of drug-likeness (QED) is 0.807. The summed E-state index contributed by atoms with van der Waals surface area (Å²) in [6.45, 7) is 0.531. The molecule has 1 aromatic heterocycles. The van der Waals surface area contributed by atoms with Gasteiger partial charge in [0, 0.05) is 14.1 Å². The first-order chi connectivity index (χ1) is 5.65. The number of aliphatic hydroxyl groups is 1. The molecular formula is C6H11BrN4O. The van der Waals surface area contributed by atoms with Gasteiger partial charge in [-0.15, -0.1) is 5.10 Å². The summed E-state index contributed by atoms with van der Waals surface area (Å²) < 4.78 is 2.18. The van der Waals surface area contributed by atoms with Crippen molar-refractivity contribution in [2.45, 2.75) is 6.54 Å². The zero-order valence-electron chi connectivity index (χ0n) is 7.03. The zero-order chi connectivity index (χ0) is 9.14. The topological polar surface area (TPSA) is 54.2 Å². The smallest absolute Gasteiger partial charge is 0.224 e. The van der Waals surface area contributed by atoms with Crippen molar-refractivity contribution in [1.82, 2.24) is 14.8 Å². The van der Waals surface area contributed by atoms with Crippen molar-refractivity contribution in [3.8, 4) is 0 Å². The van der Waals surface area contributed by atoms with Crippen molar-refractivity contribution in [3.05, 3.63) is 4.73 Å². The van der Waals surface area contributed by atoms with Crippen LogP contribution in [0.15, 0.2) is 4.73 Å². The first kappa shape index (κ1) is 9.47. The fraction of sp³-hybridized carbons (Fsp3) is 0.667. The predicted octanol–water partition coefficient (Wildman–Crippen LogP) is 0.0989. The highest BCUT2D eigenvalue weighted by atomic mass is 79.9. The minimum atomic E-state index is 0.0661. The molecule has 0 aliphatic heterocycles. The van der Waals surface area contributed by atoms with Crippen molar-refractivity contribution in [1.29, 1.82) is 0 Å². The van der Waals surface area contributed by atoms with E-state index in [9.17, 15) is 0 Å². The van der Waals surface area contributed by atoms with Crippen LogP contribution in [0.1, 0.15) is 0 Å². The van der Waals surface area contributed by atoms with Crippen LogP contribution in [0.5, 0.6) is 0 Å². The Balaban J connectivity index is 2.92. The molecule has 1 rings (SSSR count). The normalized spacial score (nSPS) is 10.3. The van der Waals surface area contributed by atoms with E-state index in [4.69, 9.17) is 5.11 Å². The van der Waals surface area contributed by atoms with Crippen molar-refractivity contribution < 1.29 is 5.11 Å². The van der Waals surface area contributed by atoms with Gasteiger partial charge in [-0.2, -0.15) is 4.98 Å². The highest BCUT2D eigenvalue weighted by Gasteiger charge is 2.08. The van der Waals surface area contributed by atoms with Crippen LogP contribution in [-0.4, -0.2) is 40.6 Å². The average molecular weight is 235 g/mol. The molecule has 12 heavy (non-hydrogen) atoms. The van der Waals surface area contributed by atoms with Crippen molar-refractivity contribution in [3.63, 3.8) is 0 Å². The lowest BCUT2D eigenvalue weighted by atomic mass is 10.7. The van der Waals surface area contributed by atoms with Gasteiger partial charge in [0.25, 0.3) is 0 Å². The molecule has 0 aliphatic carbocycles. The summed E-state index contributed by atoms with van der Waals surface area (Å²) in [5.74, 6) is 0.732. The van der Waals surface area contributed by atoms with Crippen LogP contribution in [0, 0.1) is 0 Å². The number of rotatable bonds is 3. The van der Waals surface area contributed by atoms with Crippen LogP contribution < -0.4 is 4.90 Å². The minimum absolute atomic E-state index is 0.0661. The average Bonchev–Trinajstić information content (AvgIpc) is 2.32. The van der Waals surface area contributed by atoms with Gasteiger partial charge in [-0.3, -0.25) is 0 Å². The van der Waals surface area contributed by atoms with Gasteiger partial charge >= 0.3 is 0 Å². The van der Waals surface area contributed by atoms with Gasteiger partial charge in [-0.25, -0.2) is 4.68 Å². The summed E-state index contributed by atoms with van der Waals surface area (Å²) in [5.41, 5.74) is 0. The van der Waals surface area contributed by atoms with Crippen LogP contribution in [-0.2, 0) is 6.54 Å². The lowest BCUT2D eigenvalue weighted by molar-refractivity contribution is 0.269. The maximum atomic E-state index is 8.71. The number of anilines is 1. The number of hydrogen-bond acceptors (Lipinski definition) is 4. The van der Waals surface area contributed by atoms with Crippen LogP contribution in [0.2, 0.25) is 0 Å². The highest BCUT2D eigenvalue weighted by molar-refractivity contribution is 9.10. The molecule has 0 aliphatic rings. The Kier molecular flexibility index (Phi) is 3.05. The second-order valence-corrected chi connectivity index (χ2v) is 3.23. The zero-order valence-corrected chi connectivity index (χ0v) is 8.61. The maximum absolute atomic E-state index is 8.71. The molecule has 5 nitrogen and oxygen atoms in total. The second-order valence-electron chi connectivity index (χ2n) is 2.52. The SMILES string of the molecule is CN(C)c1nc(Br)nn1CCO. The first-order valence-electron chi connectivity index (χ1n) is 3.53. The molecule has 0 fully saturated rings. The Morgan fingerprint density at radius 3 is 2.75 bits per heavy atom. The number of aliphatic hydroxyl groups excluding tert-OH is 1. The van der Waals surface area contributed by atoms with Gasteiger partial charge in [0.2, 0.25) is 10.7 Å². The molecule has 0 spiro atoms. The van der Waals surface area contributed by atoms with Gasteiger partial charge in [0.05, 0.1) is 13.2 Å². The summed E-state index contributed by atoms with van der Waals surface area (Å²) >= 11 is 3.17. The molecular weight excluding hydrogens is 224 g/mol. The van der Waals surface area contributed by atoms with Crippen molar-refractivity contribution >= 4 is 21.9 Å². The molecule has 0 aromatic carbocycles. The van der Waals surface area contributed by atoms with Gasteiger partial charge in [-0.1, -0.05) is 0 Å². The fourth-order valence-electron chi connectivity index (χ4n) is 0.883. The Labute approximate surface area is 79.1 Å². The minimum Gasteiger partial charge on any atom is -0.394 e. The third-order valence-electron chi connectivity index (χ3n) is 1.34. The Hall–Kier alpha value is -0.620. The summed E-state index contributed by atoms with van der Waals surface area (Å²) in [5, 5.41) is 12.8. The molecule has 0 amide bonds. The Bertz CT molecular complexity index is 260. The second kappa shape index (κ2) is 3.86. The van der Waals surface area contributed by atoms with E-state index in [2.05, 4.69) is 26.0 Å². The van der Waals surface area contributed by atoms with E-state index in [-0.39, 0.29) is 6.61 Å². The van der Waals surface area contributed by atoms with E-state index >= 15 is 0 Å². The third kappa shape index (κ3) is 1.95. The summed E-state index contributed by atoms with van der Waals surface area (Å²) in [6.07, 6.45) is 0. The van der Waals surface area contributed by atoms with E-state index in [1.54, 1.807) is 4.68 Å². The molecule has 0 atom stereocenters. The summed E-state index contributed by atoms with van der Waals surface area (Å²) in [6, 6.07) is 0. The van der Waals surface area contributed by atoms with Crippen LogP contribution in [0.3, 0.4) is 0 Å². The third-order valence-corrected chi connectivity index (χ3v) is 1.67. The van der Waals surface area contributed by atoms with E-state index in [1.165, 1.54) is 0 Å². The van der Waals surface area contributed by atoms with Gasteiger partial charge in [0.15, 0.2) is 0 Å². The number of aromatic nitrogens is 3. The monoisotopic (exact) mass is 234 g/mol. The molecule has 0 saturated carbocycles. The van der Waals surface area contributed by atoms with Crippen LogP contribution >= 0.6 is 15.9 Å². The summed E-state index contributed by atoms with van der Waals surface area (Å²) in [7, 11) is 3.76. The van der Waals surface area contributed by atoms with Gasteiger partial charge < -0.3 is 10.0 Å². The standard InChI is InChI=1S/C6H11BrN4O/c1-10(2)6-8-5(7)9-11(6)3-4-12/h12H,3-4H2,1-2H3. The molecule has 0 saturated heterocycles. The lowest BCUT2D eigenvalue weighted by Gasteiger charge is -2.10. The van der Waals surface area contributed by atoms with E-state index < -0.39 is 0 Å². The van der Waals surface area contributed by atoms with Crippen LogP contribution in [0.25, 0.3) is 0 Å². The largest absolute Gasteiger partial charge is 0.394 e. The molecule has 68 valence electrons. The van der Waals surface area contributed by atoms with Gasteiger partial charge in [-0.05, 0) is 15.9 Å². The van der Waals surface area contributed by atoms with E-state index in [0.29, 0.717) is 11.3 Å². The molecule has 0 unspecified atom stereocenters. The maximum Gasteiger partial charge on any atom is 0.224 e. The van der Waals surface area contributed by atoms with Crippen LogP contribution in [0.4, 0.5) is 5.95 Å². The number of halogens is 1. The van der Waals surface area contributed by atoms with E-state index in [1.807, 2.05) is 19.0 Å². The van der Waals surface area contributed by atoms with Gasteiger partial charge in [0.1, 0.15) is 0 Å². The Morgan fingerprint density at radius 1 is 1.58 bits per heavy atom. The van der Waals surface area contributed by atoms with Crippen molar-refractivity contribution in [2.24, 2.45) is 0 Å². The highest BCUT2D eigenvalue weighted by Crippen LogP contribution is 2.11. The molecule has 6 heteroatoms. The molecule has 1 aromatic rings.